The third kappa shape index (κ3) is 5.25. The van der Waals surface area contributed by atoms with Gasteiger partial charge in [-0.15, -0.1) is 0 Å². The largest absolute Gasteiger partial charge is 0.396 e. The van der Waals surface area contributed by atoms with Gasteiger partial charge in [0.25, 0.3) is 11.5 Å². The van der Waals surface area contributed by atoms with Crippen molar-refractivity contribution in [3.05, 3.63) is 75.5 Å². The Morgan fingerprint density at radius 1 is 1.16 bits per heavy atom. The third-order valence-corrected chi connectivity index (χ3v) is 6.16. The number of carbonyl (C=O) groups excluding carboxylic acids is 1. The molecule has 200 valence electrons. The molecule has 0 spiro atoms. The number of hydrogen-bond acceptors (Lipinski definition) is 7. The third-order valence-electron chi connectivity index (χ3n) is 6.16. The van der Waals surface area contributed by atoms with Gasteiger partial charge in [-0.1, -0.05) is 6.07 Å². The van der Waals surface area contributed by atoms with E-state index in [0.29, 0.717) is 23.3 Å². The Labute approximate surface area is 217 Å². The van der Waals surface area contributed by atoms with Crippen molar-refractivity contribution >= 4 is 29.2 Å². The molecule has 5 N–H and O–H groups in total. The van der Waals surface area contributed by atoms with Crippen LogP contribution in [-0.4, -0.2) is 46.6 Å². The molecule has 1 fully saturated rings. The Bertz CT molecular complexity index is 1450. The minimum Gasteiger partial charge on any atom is -0.396 e. The number of aliphatic imine (C=N–C) groups is 1. The van der Waals surface area contributed by atoms with Crippen LogP contribution < -0.4 is 27.2 Å². The number of nitrogens with one attached hydrogen (secondary N) is 1. The molecule has 0 aliphatic carbocycles. The van der Waals surface area contributed by atoms with Crippen molar-refractivity contribution in [1.29, 1.82) is 0 Å². The molecule has 0 radical (unpaired) electrons. The second-order valence-electron chi connectivity index (χ2n) is 9.44. The van der Waals surface area contributed by atoms with Gasteiger partial charge >= 0.3 is 0 Å². The highest BCUT2D eigenvalue weighted by Gasteiger charge is 2.32. The van der Waals surface area contributed by atoms with Gasteiger partial charge < -0.3 is 21.7 Å². The van der Waals surface area contributed by atoms with Crippen LogP contribution in [0.15, 0.2) is 46.2 Å². The summed E-state index contributed by atoms with van der Waals surface area (Å²) in [5.74, 6) is -3.69. The lowest BCUT2D eigenvalue weighted by molar-refractivity contribution is 0.102. The number of anilines is 3. The Kier molecular flexibility index (Phi) is 7.53. The van der Waals surface area contributed by atoms with Crippen molar-refractivity contribution < 1.29 is 18.0 Å². The van der Waals surface area contributed by atoms with Crippen molar-refractivity contribution in [1.82, 2.24) is 9.78 Å². The number of nitrogens with zero attached hydrogens (tertiary/aromatic N) is 4. The molecule has 2 heterocycles. The number of para-hydroxylation sites is 1. The maximum absolute atomic E-state index is 15.0. The van der Waals surface area contributed by atoms with Crippen LogP contribution in [0.1, 0.15) is 43.2 Å². The summed E-state index contributed by atoms with van der Waals surface area (Å²) >= 11 is 0. The lowest BCUT2D eigenvalue weighted by Gasteiger charge is -2.29. The molecule has 1 aromatic heterocycles. The number of halogens is 3. The highest BCUT2D eigenvalue weighted by molar-refractivity contribution is 6.08. The van der Waals surface area contributed by atoms with E-state index in [1.54, 1.807) is 0 Å². The molecule has 1 aliphatic rings. The quantitative estimate of drug-likeness (QED) is 0.333. The van der Waals surface area contributed by atoms with Gasteiger partial charge in [-0.25, -0.2) is 13.2 Å². The molecule has 9 nitrogen and oxygen atoms in total. The zero-order valence-corrected chi connectivity index (χ0v) is 21.1. The van der Waals surface area contributed by atoms with Crippen LogP contribution in [0.4, 0.5) is 30.2 Å². The summed E-state index contributed by atoms with van der Waals surface area (Å²) in [5, 5.41) is 6.49. The SMILES string of the molecule is CC(C)N=Cc1c(N)c(F)cc(NC(=O)c2ccc(=O)n(-c3c(F)cccc3F)n2)c1N1C[C@@H](N)C[C@H]1C. The number of nitrogens with two attached hydrogens (primary N) is 2. The van der Waals surface area contributed by atoms with Crippen LogP contribution in [0, 0.1) is 17.5 Å². The molecule has 2 atom stereocenters. The van der Waals surface area contributed by atoms with Crippen LogP contribution in [0.3, 0.4) is 0 Å². The van der Waals surface area contributed by atoms with Crippen molar-refractivity contribution in [3.8, 4) is 5.69 Å². The van der Waals surface area contributed by atoms with Crippen LogP contribution in [-0.2, 0) is 0 Å². The van der Waals surface area contributed by atoms with Gasteiger partial charge in [-0.3, -0.25) is 14.6 Å². The molecule has 2 aromatic carbocycles. The predicted molar refractivity (Wildman–Crippen MR) is 141 cm³/mol. The van der Waals surface area contributed by atoms with Crippen molar-refractivity contribution in [2.45, 2.75) is 45.3 Å². The van der Waals surface area contributed by atoms with E-state index in [0.717, 1.165) is 36.4 Å². The van der Waals surface area contributed by atoms with E-state index in [-0.39, 0.29) is 40.8 Å². The van der Waals surface area contributed by atoms with E-state index in [9.17, 15) is 22.8 Å². The fraction of sp³-hybridized carbons (Fsp3) is 0.308. The molecule has 12 heteroatoms. The zero-order valence-electron chi connectivity index (χ0n) is 21.1. The van der Waals surface area contributed by atoms with Gasteiger partial charge in [-0.05, 0) is 45.4 Å². The maximum atomic E-state index is 15.0. The smallest absolute Gasteiger partial charge is 0.276 e. The summed E-state index contributed by atoms with van der Waals surface area (Å²) in [6.07, 6.45) is 2.12. The van der Waals surface area contributed by atoms with Crippen LogP contribution in [0.25, 0.3) is 5.69 Å². The fourth-order valence-corrected chi connectivity index (χ4v) is 4.39. The second kappa shape index (κ2) is 10.7. The second-order valence-corrected chi connectivity index (χ2v) is 9.44. The average molecular weight is 528 g/mol. The topological polar surface area (TPSA) is 132 Å². The first-order valence-electron chi connectivity index (χ1n) is 12.0. The predicted octanol–water partition coefficient (Wildman–Crippen LogP) is 3.24. The van der Waals surface area contributed by atoms with E-state index < -0.39 is 34.6 Å². The van der Waals surface area contributed by atoms with Gasteiger partial charge in [0, 0.05) is 48.6 Å². The molecule has 0 saturated carbocycles. The molecule has 3 aromatic rings. The van der Waals surface area contributed by atoms with Crippen LogP contribution in [0.2, 0.25) is 0 Å². The number of rotatable bonds is 6. The van der Waals surface area contributed by atoms with Gasteiger partial charge in [0.15, 0.2) is 11.6 Å². The van der Waals surface area contributed by atoms with E-state index in [4.69, 9.17) is 11.5 Å². The highest BCUT2D eigenvalue weighted by Crippen LogP contribution is 2.39. The maximum Gasteiger partial charge on any atom is 0.276 e. The Morgan fingerprint density at radius 3 is 2.45 bits per heavy atom. The summed E-state index contributed by atoms with van der Waals surface area (Å²) in [6, 6.07) is 5.89. The molecule has 1 aliphatic heterocycles. The summed E-state index contributed by atoms with van der Waals surface area (Å²) < 4.78 is 44.1. The first-order chi connectivity index (χ1) is 18.0. The van der Waals surface area contributed by atoms with Crippen molar-refractivity contribution in [2.24, 2.45) is 10.7 Å². The Balaban J connectivity index is 1.81. The first-order valence-corrected chi connectivity index (χ1v) is 12.0. The van der Waals surface area contributed by atoms with E-state index >= 15 is 0 Å². The average Bonchev–Trinajstić information content (AvgIpc) is 3.18. The summed E-state index contributed by atoms with van der Waals surface area (Å²) in [6.45, 7) is 6.07. The molecule has 1 amide bonds. The molecule has 38 heavy (non-hydrogen) atoms. The number of aromatic nitrogens is 2. The lowest BCUT2D eigenvalue weighted by atomic mass is 10.1. The molecule has 4 rings (SSSR count). The number of amides is 1. The minimum atomic E-state index is -1.03. The standard InChI is InChI=1S/C26H28F3N7O2/c1-13(2)32-11-16-23(31)19(29)10-21(24(16)35-12-15(30)9-14(35)3)33-26(38)20-7-8-22(37)36(34-20)25-17(27)5-4-6-18(25)28/h4-8,10-11,13-15H,9,12,30-31H2,1-3H3,(H,33,38)/t14-,15+/m1/s1. The molecular weight excluding hydrogens is 499 g/mol. The van der Waals surface area contributed by atoms with Crippen LogP contribution in [0.5, 0.6) is 0 Å². The molecule has 0 bridgehead atoms. The van der Waals surface area contributed by atoms with E-state index in [1.165, 1.54) is 6.21 Å². The lowest BCUT2D eigenvalue weighted by Crippen LogP contribution is -2.32. The minimum absolute atomic E-state index is 0.0548. The Morgan fingerprint density at radius 2 is 1.84 bits per heavy atom. The number of carbonyl (C=O) groups is 1. The first kappa shape index (κ1) is 26.9. The monoisotopic (exact) mass is 527 g/mol. The van der Waals surface area contributed by atoms with E-state index in [2.05, 4.69) is 15.4 Å². The summed E-state index contributed by atoms with van der Waals surface area (Å²) in [5.41, 5.74) is 11.0. The highest BCUT2D eigenvalue weighted by atomic mass is 19.1. The van der Waals surface area contributed by atoms with E-state index in [1.807, 2.05) is 25.7 Å². The number of hydrogen-bond donors (Lipinski definition) is 3. The normalized spacial score (nSPS) is 17.5. The number of nitrogen functional groups attached to an aromatic ring is 1. The fourth-order valence-electron chi connectivity index (χ4n) is 4.39. The molecule has 0 unspecified atom stereocenters. The molecule has 1 saturated heterocycles. The van der Waals surface area contributed by atoms with Crippen molar-refractivity contribution in [3.63, 3.8) is 0 Å². The van der Waals surface area contributed by atoms with Gasteiger partial charge in [0.2, 0.25) is 0 Å². The zero-order chi connectivity index (χ0) is 27.7. The van der Waals surface area contributed by atoms with Crippen molar-refractivity contribution in [2.75, 3.05) is 22.5 Å². The summed E-state index contributed by atoms with van der Waals surface area (Å²) in [4.78, 5) is 31.9. The Hall–Kier alpha value is -4.19. The number of benzene rings is 2. The van der Waals surface area contributed by atoms with Gasteiger partial charge in [0.1, 0.15) is 17.2 Å². The molecular formula is C26H28F3N7O2. The summed E-state index contributed by atoms with van der Waals surface area (Å²) in [7, 11) is 0. The van der Waals surface area contributed by atoms with Gasteiger partial charge in [0.05, 0.1) is 17.1 Å². The van der Waals surface area contributed by atoms with Gasteiger partial charge in [-0.2, -0.15) is 9.78 Å². The van der Waals surface area contributed by atoms with Crippen LogP contribution >= 0.6 is 0 Å².